The Labute approximate surface area is 114 Å². The van der Waals surface area contributed by atoms with Crippen LogP contribution >= 0.6 is 0 Å². The maximum absolute atomic E-state index is 4.26. The smallest absolute Gasteiger partial charge is 0.0331 e. The number of hydrogen-bond acceptors (Lipinski definition) is 2. The highest BCUT2D eigenvalue weighted by molar-refractivity contribution is 5.28. The molecular weight excluding hydrogens is 232 g/mol. The Morgan fingerprint density at radius 2 is 1.79 bits per heavy atom. The summed E-state index contributed by atoms with van der Waals surface area (Å²) >= 11 is 0. The molecular formula is C17H20N2. The van der Waals surface area contributed by atoms with Gasteiger partial charge < -0.3 is 5.32 Å². The van der Waals surface area contributed by atoms with E-state index in [1.807, 2.05) is 18.5 Å². The molecule has 0 amide bonds. The third kappa shape index (κ3) is 2.41. The van der Waals surface area contributed by atoms with Gasteiger partial charge in [0.05, 0.1) is 0 Å². The molecule has 1 fully saturated rings. The van der Waals surface area contributed by atoms with Crippen LogP contribution in [0.15, 0.2) is 54.9 Å². The van der Waals surface area contributed by atoms with E-state index in [9.17, 15) is 0 Å². The predicted octanol–water partition coefficient (Wildman–Crippen LogP) is 3.68. The van der Waals surface area contributed by atoms with Crippen LogP contribution in [0.1, 0.15) is 43.4 Å². The Bertz CT molecular complexity index is 534. The highest BCUT2D eigenvalue weighted by Gasteiger charge is 2.41. The molecule has 19 heavy (non-hydrogen) atoms. The molecule has 98 valence electrons. The van der Waals surface area contributed by atoms with Crippen LogP contribution in [0.25, 0.3) is 0 Å². The van der Waals surface area contributed by atoms with E-state index in [2.05, 4.69) is 60.5 Å². The molecule has 1 saturated heterocycles. The lowest BCUT2D eigenvalue weighted by Crippen LogP contribution is -2.37. The van der Waals surface area contributed by atoms with Gasteiger partial charge in [-0.05, 0) is 37.5 Å². The van der Waals surface area contributed by atoms with E-state index in [1.54, 1.807) is 0 Å². The van der Waals surface area contributed by atoms with Crippen LogP contribution in [0.4, 0.5) is 0 Å². The average Bonchev–Trinajstić information content (AvgIpc) is 2.77. The second-order valence-corrected chi connectivity index (χ2v) is 5.90. The Balaban J connectivity index is 1.88. The van der Waals surface area contributed by atoms with Gasteiger partial charge in [-0.2, -0.15) is 0 Å². The van der Waals surface area contributed by atoms with Crippen molar-refractivity contribution in [2.24, 2.45) is 0 Å². The Morgan fingerprint density at radius 3 is 2.47 bits per heavy atom. The van der Waals surface area contributed by atoms with Gasteiger partial charge in [0.2, 0.25) is 0 Å². The largest absolute Gasteiger partial charge is 0.304 e. The van der Waals surface area contributed by atoms with Gasteiger partial charge in [0.25, 0.3) is 0 Å². The fourth-order valence-corrected chi connectivity index (χ4v) is 3.18. The van der Waals surface area contributed by atoms with Gasteiger partial charge in [0.15, 0.2) is 0 Å². The molecule has 1 aromatic heterocycles. The zero-order chi connectivity index (χ0) is 13.3. The molecule has 1 aliphatic rings. The maximum Gasteiger partial charge on any atom is 0.0331 e. The average molecular weight is 252 g/mol. The van der Waals surface area contributed by atoms with Crippen molar-refractivity contribution in [3.8, 4) is 0 Å². The van der Waals surface area contributed by atoms with Crippen molar-refractivity contribution in [2.75, 3.05) is 0 Å². The Morgan fingerprint density at radius 1 is 1.05 bits per heavy atom. The quantitative estimate of drug-likeness (QED) is 0.882. The fourth-order valence-electron chi connectivity index (χ4n) is 3.18. The van der Waals surface area contributed by atoms with Crippen molar-refractivity contribution in [1.82, 2.24) is 10.3 Å². The lowest BCUT2D eigenvalue weighted by atomic mass is 9.83. The van der Waals surface area contributed by atoms with E-state index in [-0.39, 0.29) is 5.54 Å². The molecule has 2 heterocycles. The first kappa shape index (κ1) is 12.4. The van der Waals surface area contributed by atoms with Gasteiger partial charge in [0, 0.05) is 29.9 Å². The van der Waals surface area contributed by atoms with Gasteiger partial charge in [-0.25, -0.2) is 0 Å². The number of aromatic nitrogens is 1. The van der Waals surface area contributed by atoms with Gasteiger partial charge >= 0.3 is 0 Å². The number of benzene rings is 1. The molecule has 1 aliphatic heterocycles. The summed E-state index contributed by atoms with van der Waals surface area (Å²) in [5.74, 6) is 0.506. The van der Waals surface area contributed by atoms with Gasteiger partial charge in [-0.3, -0.25) is 4.98 Å². The van der Waals surface area contributed by atoms with Crippen LogP contribution in [0.3, 0.4) is 0 Å². The highest BCUT2D eigenvalue weighted by Crippen LogP contribution is 2.43. The minimum Gasteiger partial charge on any atom is -0.304 e. The molecule has 1 N–H and O–H groups in total. The molecule has 0 spiro atoms. The first-order valence-corrected chi connectivity index (χ1v) is 6.89. The zero-order valence-electron chi connectivity index (χ0n) is 11.5. The minimum atomic E-state index is 0.101. The van der Waals surface area contributed by atoms with Gasteiger partial charge in [0.1, 0.15) is 0 Å². The van der Waals surface area contributed by atoms with E-state index in [4.69, 9.17) is 0 Å². The van der Waals surface area contributed by atoms with Crippen LogP contribution in [0, 0.1) is 0 Å². The van der Waals surface area contributed by atoms with Gasteiger partial charge in [-0.15, -0.1) is 0 Å². The fraction of sp³-hybridized carbons (Fsp3) is 0.353. The van der Waals surface area contributed by atoms with E-state index >= 15 is 0 Å². The maximum atomic E-state index is 4.26. The third-order valence-corrected chi connectivity index (χ3v) is 4.18. The molecule has 0 radical (unpaired) electrons. The molecule has 0 aliphatic carbocycles. The van der Waals surface area contributed by atoms with E-state index < -0.39 is 0 Å². The summed E-state index contributed by atoms with van der Waals surface area (Å²) in [6.45, 7) is 4.57. The number of nitrogens with one attached hydrogen (secondary N) is 1. The lowest BCUT2D eigenvalue weighted by Gasteiger charge is -2.27. The number of hydrogen-bond donors (Lipinski definition) is 1. The molecule has 3 rings (SSSR count). The molecule has 0 unspecified atom stereocenters. The summed E-state index contributed by atoms with van der Waals surface area (Å²) in [7, 11) is 0. The molecule has 0 bridgehead atoms. The predicted molar refractivity (Wildman–Crippen MR) is 78.0 cm³/mol. The molecule has 1 aromatic carbocycles. The molecule has 2 aromatic rings. The van der Waals surface area contributed by atoms with Crippen molar-refractivity contribution in [1.29, 1.82) is 0 Å². The van der Waals surface area contributed by atoms with Crippen molar-refractivity contribution >= 4 is 0 Å². The molecule has 0 saturated carbocycles. The molecule has 2 nitrogen and oxygen atoms in total. The van der Waals surface area contributed by atoms with E-state index in [0.717, 1.165) is 6.42 Å². The van der Waals surface area contributed by atoms with E-state index in [0.29, 0.717) is 12.0 Å². The van der Waals surface area contributed by atoms with Crippen molar-refractivity contribution in [2.45, 2.75) is 37.8 Å². The summed E-state index contributed by atoms with van der Waals surface area (Å²) < 4.78 is 0. The van der Waals surface area contributed by atoms with Gasteiger partial charge in [-0.1, -0.05) is 36.4 Å². The summed E-state index contributed by atoms with van der Waals surface area (Å²) in [4.78, 5) is 4.26. The lowest BCUT2D eigenvalue weighted by molar-refractivity contribution is 0.397. The first-order chi connectivity index (χ1) is 9.17. The van der Waals surface area contributed by atoms with E-state index in [1.165, 1.54) is 11.1 Å². The second kappa shape index (κ2) is 4.78. The van der Waals surface area contributed by atoms with Crippen LogP contribution in [-0.2, 0) is 0 Å². The minimum absolute atomic E-state index is 0.101. The Hall–Kier alpha value is -1.67. The van der Waals surface area contributed by atoms with Crippen LogP contribution in [0.2, 0.25) is 0 Å². The summed E-state index contributed by atoms with van der Waals surface area (Å²) in [5.41, 5.74) is 2.81. The summed E-state index contributed by atoms with van der Waals surface area (Å²) in [6, 6.07) is 15.4. The topological polar surface area (TPSA) is 24.9 Å². The van der Waals surface area contributed by atoms with Crippen molar-refractivity contribution in [3.63, 3.8) is 0 Å². The summed E-state index contributed by atoms with van der Waals surface area (Å²) in [5, 5.41) is 3.77. The zero-order valence-corrected chi connectivity index (χ0v) is 11.5. The third-order valence-electron chi connectivity index (χ3n) is 4.18. The number of nitrogens with zero attached hydrogens (tertiary/aromatic N) is 1. The monoisotopic (exact) mass is 252 g/mol. The second-order valence-electron chi connectivity index (χ2n) is 5.90. The van der Waals surface area contributed by atoms with Crippen LogP contribution in [0.5, 0.6) is 0 Å². The SMILES string of the molecule is CC1(C)N[C@H](c2ccccc2)C[C@H]1c1cccnc1. The Kier molecular flexibility index (Phi) is 3.11. The summed E-state index contributed by atoms with van der Waals surface area (Å²) in [6.07, 6.45) is 4.97. The van der Waals surface area contributed by atoms with Crippen molar-refractivity contribution < 1.29 is 0 Å². The number of pyridine rings is 1. The van der Waals surface area contributed by atoms with Crippen LogP contribution in [-0.4, -0.2) is 10.5 Å². The standard InChI is InChI=1S/C17H20N2/c1-17(2)15(14-9-6-10-18-12-14)11-16(19-17)13-7-4-3-5-8-13/h3-10,12,15-16,19H,11H2,1-2H3/t15-,16-/m0/s1. The normalized spacial score (nSPS) is 25.4. The molecule has 2 atom stereocenters. The number of rotatable bonds is 2. The van der Waals surface area contributed by atoms with Crippen LogP contribution < -0.4 is 5.32 Å². The first-order valence-electron chi connectivity index (χ1n) is 6.89. The van der Waals surface area contributed by atoms with Crippen molar-refractivity contribution in [3.05, 3.63) is 66.0 Å². The molecule has 2 heteroatoms. The highest BCUT2D eigenvalue weighted by atomic mass is 15.0.